The van der Waals surface area contributed by atoms with Gasteiger partial charge in [0.1, 0.15) is 5.82 Å². The van der Waals surface area contributed by atoms with E-state index in [4.69, 9.17) is 11.6 Å². The molecule has 0 saturated heterocycles. The molecule has 0 bridgehead atoms. The zero-order valence-electron chi connectivity index (χ0n) is 16.9. The molecule has 0 unspecified atom stereocenters. The van der Waals surface area contributed by atoms with Gasteiger partial charge in [-0.25, -0.2) is 32.6 Å². The van der Waals surface area contributed by atoms with Gasteiger partial charge in [-0.1, -0.05) is 17.7 Å². The van der Waals surface area contributed by atoms with Crippen molar-refractivity contribution in [2.45, 2.75) is 19.3 Å². The largest absolute Gasteiger partial charge is 0.435 e. The van der Waals surface area contributed by atoms with Gasteiger partial charge < -0.3 is 10.6 Å². The highest BCUT2D eigenvalue weighted by atomic mass is 35.5. The summed E-state index contributed by atoms with van der Waals surface area (Å²) in [6, 6.07) is 6.19. The average Bonchev–Trinajstić information content (AvgIpc) is 3.16. The molecule has 0 fully saturated rings. The van der Waals surface area contributed by atoms with Crippen molar-refractivity contribution >= 4 is 33.3 Å². The lowest BCUT2D eigenvalue weighted by Gasteiger charge is -2.10. The molecular formula is C18H17ClF3N7O3S. The van der Waals surface area contributed by atoms with Gasteiger partial charge in [0.15, 0.2) is 5.69 Å². The third-order valence-corrected chi connectivity index (χ3v) is 4.92. The summed E-state index contributed by atoms with van der Waals surface area (Å²) in [6.45, 7) is -0.404. The maximum absolute atomic E-state index is 13.2. The van der Waals surface area contributed by atoms with Gasteiger partial charge in [0.25, 0.3) is 0 Å². The third kappa shape index (κ3) is 7.13. The van der Waals surface area contributed by atoms with E-state index in [1.165, 1.54) is 24.5 Å². The molecular weight excluding hydrogens is 487 g/mol. The van der Waals surface area contributed by atoms with Gasteiger partial charge in [-0.3, -0.25) is 0 Å². The van der Waals surface area contributed by atoms with E-state index in [0.717, 1.165) is 17.0 Å². The Morgan fingerprint density at radius 1 is 1.15 bits per heavy atom. The number of sulfonamides is 1. The minimum Gasteiger partial charge on any atom is -0.332 e. The lowest BCUT2D eigenvalue weighted by molar-refractivity contribution is -0.141. The number of benzene rings is 1. The highest BCUT2D eigenvalue weighted by molar-refractivity contribution is 7.88. The first kappa shape index (κ1) is 24.4. The third-order valence-electron chi connectivity index (χ3n) is 4.01. The summed E-state index contributed by atoms with van der Waals surface area (Å²) in [5, 5.41) is 8.77. The number of anilines is 1. The van der Waals surface area contributed by atoms with E-state index in [1.807, 2.05) is 0 Å². The molecule has 0 aliphatic rings. The number of carbonyl (C=O) groups is 1. The number of rotatable bonds is 7. The van der Waals surface area contributed by atoms with Gasteiger partial charge in [0.2, 0.25) is 10.0 Å². The van der Waals surface area contributed by atoms with E-state index < -0.39 is 27.9 Å². The van der Waals surface area contributed by atoms with Crippen molar-refractivity contribution in [1.29, 1.82) is 0 Å². The predicted molar refractivity (Wildman–Crippen MR) is 113 cm³/mol. The minimum atomic E-state index is -4.67. The molecule has 2 amide bonds. The summed E-state index contributed by atoms with van der Waals surface area (Å²) in [6.07, 6.45) is -1.18. The van der Waals surface area contributed by atoms with Gasteiger partial charge in [-0.15, -0.1) is 0 Å². The van der Waals surface area contributed by atoms with E-state index in [-0.39, 0.29) is 30.3 Å². The lowest BCUT2D eigenvalue weighted by atomic mass is 10.3. The predicted octanol–water partition coefficient (Wildman–Crippen LogP) is 2.71. The standard InChI is InChI=1S/C18H17ClF3N7O3S/c1-33(31,32)26-10-16-23-7-12(8-24-16)27-17(30)25-9-14-6-15(18(20,21)22)28-29(14)13-4-2-3-11(19)5-13/h2-8,26H,9-10H2,1H3,(H2,25,27,30). The Labute approximate surface area is 191 Å². The molecule has 3 N–H and O–H groups in total. The van der Waals surface area contributed by atoms with Crippen LogP contribution in [-0.4, -0.2) is 40.5 Å². The molecule has 15 heteroatoms. The Morgan fingerprint density at radius 3 is 2.45 bits per heavy atom. The molecule has 0 aliphatic heterocycles. The van der Waals surface area contributed by atoms with Crippen molar-refractivity contribution in [2.24, 2.45) is 0 Å². The first-order chi connectivity index (χ1) is 15.4. The zero-order chi connectivity index (χ0) is 24.2. The summed E-state index contributed by atoms with van der Waals surface area (Å²) in [4.78, 5) is 20.0. The Hall–Kier alpha value is -3.23. The normalized spacial score (nSPS) is 11.9. The van der Waals surface area contributed by atoms with Crippen LogP contribution >= 0.6 is 11.6 Å². The molecule has 0 saturated carbocycles. The van der Waals surface area contributed by atoms with E-state index in [9.17, 15) is 26.4 Å². The number of halogens is 4. The molecule has 0 atom stereocenters. The fourth-order valence-electron chi connectivity index (χ4n) is 2.57. The summed E-state index contributed by atoms with van der Waals surface area (Å²) < 4.78 is 64.9. The highest BCUT2D eigenvalue weighted by Gasteiger charge is 2.35. The summed E-state index contributed by atoms with van der Waals surface area (Å²) in [5.41, 5.74) is -0.568. The van der Waals surface area contributed by atoms with Crippen molar-refractivity contribution in [2.75, 3.05) is 11.6 Å². The summed E-state index contributed by atoms with van der Waals surface area (Å²) in [5.74, 6) is 0.177. The quantitative estimate of drug-likeness (QED) is 0.454. The monoisotopic (exact) mass is 503 g/mol. The molecule has 3 aromatic rings. The molecule has 0 spiro atoms. The second-order valence-corrected chi connectivity index (χ2v) is 8.97. The van der Waals surface area contributed by atoms with Crippen LogP contribution in [0.5, 0.6) is 0 Å². The minimum absolute atomic E-state index is 0.0678. The fourth-order valence-corrected chi connectivity index (χ4v) is 3.14. The molecule has 176 valence electrons. The second-order valence-electron chi connectivity index (χ2n) is 6.70. The molecule has 1 aromatic carbocycles. The smallest absolute Gasteiger partial charge is 0.332 e. The molecule has 10 nitrogen and oxygen atoms in total. The van der Waals surface area contributed by atoms with Gasteiger partial charge in [0, 0.05) is 5.02 Å². The number of nitrogens with zero attached hydrogens (tertiary/aromatic N) is 4. The van der Waals surface area contributed by atoms with E-state index in [2.05, 4.69) is 30.4 Å². The summed E-state index contributed by atoms with van der Waals surface area (Å²) in [7, 11) is -3.41. The SMILES string of the molecule is CS(=O)(=O)NCc1ncc(NC(=O)NCc2cc(C(F)(F)F)nn2-c2cccc(Cl)c2)cn1. The van der Waals surface area contributed by atoms with Crippen LogP contribution in [0, 0.1) is 0 Å². The van der Waals surface area contributed by atoms with Crippen LogP contribution in [0.3, 0.4) is 0 Å². The van der Waals surface area contributed by atoms with E-state index in [1.54, 1.807) is 12.1 Å². The number of nitrogens with one attached hydrogen (secondary N) is 3. The first-order valence-corrected chi connectivity index (χ1v) is 11.4. The number of hydrogen-bond donors (Lipinski definition) is 3. The van der Waals surface area contributed by atoms with Crippen LogP contribution in [-0.2, 0) is 29.3 Å². The number of amides is 2. The number of aromatic nitrogens is 4. The van der Waals surface area contributed by atoms with Crippen LogP contribution in [0.1, 0.15) is 17.2 Å². The van der Waals surface area contributed by atoms with Crippen molar-refractivity contribution in [3.05, 3.63) is 65.0 Å². The van der Waals surface area contributed by atoms with Crippen molar-refractivity contribution in [1.82, 2.24) is 29.8 Å². The number of carbonyl (C=O) groups excluding carboxylic acids is 1. The Kier molecular flexibility index (Phi) is 7.19. The van der Waals surface area contributed by atoms with Gasteiger partial charge in [0.05, 0.1) is 48.8 Å². The Morgan fingerprint density at radius 2 is 1.85 bits per heavy atom. The van der Waals surface area contributed by atoms with Crippen molar-refractivity contribution in [3.8, 4) is 5.69 Å². The number of urea groups is 1. The molecule has 0 radical (unpaired) electrons. The van der Waals surface area contributed by atoms with Crippen LogP contribution in [0.4, 0.5) is 23.7 Å². The van der Waals surface area contributed by atoms with Gasteiger partial charge in [-0.2, -0.15) is 18.3 Å². The fraction of sp³-hybridized carbons (Fsp3) is 0.222. The second kappa shape index (κ2) is 9.72. The van der Waals surface area contributed by atoms with Gasteiger partial charge >= 0.3 is 12.2 Å². The summed E-state index contributed by atoms with van der Waals surface area (Å²) >= 11 is 5.93. The molecule has 3 rings (SSSR count). The average molecular weight is 504 g/mol. The van der Waals surface area contributed by atoms with E-state index >= 15 is 0 Å². The molecule has 33 heavy (non-hydrogen) atoms. The number of alkyl halides is 3. The maximum atomic E-state index is 13.2. The van der Waals surface area contributed by atoms with Gasteiger partial charge in [-0.05, 0) is 24.3 Å². The first-order valence-electron chi connectivity index (χ1n) is 9.13. The molecule has 2 aromatic heterocycles. The maximum Gasteiger partial charge on any atom is 0.435 e. The molecule has 2 heterocycles. The van der Waals surface area contributed by atoms with Crippen LogP contribution in [0.25, 0.3) is 5.69 Å². The van der Waals surface area contributed by atoms with Crippen molar-refractivity contribution < 1.29 is 26.4 Å². The topological polar surface area (TPSA) is 131 Å². The number of hydrogen-bond acceptors (Lipinski definition) is 6. The Bertz CT molecular complexity index is 1250. The van der Waals surface area contributed by atoms with E-state index in [0.29, 0.717) is 10.7 Å². The van der Waals surface area contributed by atoms with Crippen LogP contribution < -0.4 is 15.4 Å². The van der Waals surface area contributed by atoms with Crippen LogP contribution in [0.2, 0.25) is 5.02 Å². The lowest BCUT2D eigenvalue weighted by Crippen LogP contribution is -2.29. The van der Waals surface area contributed by atoms with Crippen molar-refractivity contribution in [3.63, 3.8) is 0 Å². The highest BCUT2D eigenvalue weighted by Crippen LogP contribution is 2.30. The van der Waals surface area contributed by atoms with Crippen LogP contribution in [0.15, 0.2) is 42.7 Å². The zero-order valence-corrected chi connectivity index (χ0v) is 18.5. The molecule has 0 aliphatic carbocycles. The Balaban J connectivity index is 1.68.